The maximum absolute atomic E-state index is 12.6. The predicted octanol–water partition coefficient (Wildman–Crippen LogP) is 2.94. The zero-order valence-electron chi connectivity index (χ0n) is 12.7. The van der Waals surface area contributed by atoms with E-state index in [1.165, 1.54) is 24.3 Å². The molecule has 128 valence electrons. The maximum atomic E-state index is 12.6. The molecule has 1 rings (SSSR count). The van der Waals surface area contributed by atoms with Gasteiger partial charge in [0.25, 0.3) is 0 Å². The molecule has 0 heterocycles. The van der Waals surface area contributed by atoms with Crippen molar-refractivity contribution in [1.29, 1.82) is 5.26 Å². The third-order valence-corrected chi connectivity index (χ3v) is 4.52. The van der Waals surface area contributed by atoms with Crippen molar-refractivity contribution < 1.29 is 26.3 Å². The van der Waals surface area contributed by atoms with Crippen LogP contribution in [0.5, 0.6) is 5.75 Å². The highest BCUT2D eigenvalue weighted by atomic mass is 32.2. The topological polar surface area (TPSA) is 70.4 Å². The molecule has 0 saturated carbocycles. The van der Waals surface area contributed by atoms with Gasteiger partial charge in [-0.2, -0.15) is 22.7 Å². The molecule has 0 aromatic heterocycles. The fourth-order valence-corrected chi connectivity index (χ4v) is 3.20. The summed E-state index contributed by atoms with van der Waals surface area (Å²) in [5.74, 6) is 0.415. The van der Waals surface area contributed by atoms with Gasteiger partial charge in [-0.25, -0.2) is 8.42 Å². The summed E-state index contributed by atoms with van der Waals surface area (Å²) >= 11 is 0. The Hall–Kier alpha value is -1.79. The van der Waals surface area contributed by atoms with Gasteiger partial charge in [-0.3, -0.25) is 0 Å². The van der Waals surface area contributed by atoms with Crippen molar-refractivity contribution in [2.45, 2.75) is 37.4 Å². The van der Waals surface area contributed by atoms with Crippen LogP contribution in [0.3, 0.4) is 0 Å². The van der Waals surface area contributed by atoms with Crippen LogP contribution in [-0.2, 0) is 10.0 Å². The van der Waals surface area contributed by atoms with E-state index >= 15 is 0 Å². The lowest BCUT2D eigenvalue weighted by Gasteiger charge is -2.22. The first-order valence-corrected chi connectivity index (χ1v) is 8.21. The van der Waals surface area contributed by atoms with Gasteiger partial charge in [-0.15, -0.1) is 0 Å². The number of sulfonamides is 1. The minimum absolute atomic E-state index is 0.116. The average Bonchev–Trinajstić information content (AvgIpc) is 2.42. The molecule has 0 bridgehead atoms. The molecule has 0 saturated heterocycles. The number of benzene rings is 1. The van der Waals surface area contributed by atoms with E-state index in [1.54, 1.807) is 19.9 Å². The summed E-state index contributed by atoms with van der Waals surface area (Å²) in [6.45, 7) is 1.42. The molecule has 0 radical (unpaired) electrons. The summed E-state index contributed by atoms with van der Waals surface area (Å²) in [6, 6.07) is 6.77. The zero-order valence-corrected chi connectivity index (χ0v) is 13.5. The summed E-state index contributed by atoms with van der Waals surface area (Å²) in [5.41, 5.74) is 0. The third-order valence-electron chi connectivity index (χ3n) is 2.66. The number of nitriles is 1. The maximum Gasteiger partial charge on any atom is 0.402 e. The first-order valence-electron chi connectivity index (χ1n) is 6.77. The van der Waals surface area contributed by atoms with Crippen molar-refractivity contribution in [1.82, 2.24) is 4.31 Å². The molecule has 0 unspecified atom stereocenters. The van der Waals surface area contributed by atoms with Crippen LogP contribution in [0, 0.1) is 11.3 Å². The Bertz CT molecular complexity index is 649. The van der Waals surface area contributed by atoms with Crippen LogP contribution in [0.25, 0.3) is 0 Å². The molecule has 0 fully saturated rings. The Labute approximate surface area is 133 Å². The van der Waals surface area contributed by atoms with Crippen molar-refractivity contribution in [3.8, 4) is 11.8 Å². The molecule has 0 amide bonds. The molecule has 0 atom stereocenters. The van der Waals surface area contributed by atoms with Crippen molar-refractivity contribution in [2.75, 3.05) is 13.1 Å². The number of rotatable bonds is 7. The lowest BCUT2D eigenvalue weighted by molar-refractivity contribution is -0.136. The summed E-state index contributed by atoms with van der Waals surface area (Å²) in [6.07, 6.45) is -5.14. The van der Waals surface area contributed by atoms with E-state index in [-0.39, 0.29) is 21.7 Å². The van der Waals surface area contributed by atoms with Crippen LogP contribution < -0.4 is 4.74 Å². The van der Waals surface area contributed by atoms with Crippen molar-refractivity contribution in [3.63, 3.8) is 0 Å². The number of nitrogens with zero attached hydrogens (tertiary/aromatic N) is 2. The van der Waals surface area contributed by atoms with Gasteiger partial charge in [0.2, 0.25) is 10.0 Å². The highest BCUT2D eigenvalue weighted by Gasteiger charge is 2.36. The summed E-state index contributed by atoms with van der Waals surface area (Å²) in [5, 5.41) is 8.50. The molecule has 5 nitrogen and oxygen atoms in total. The highest BCUT2D eigenvalue weighted by molar-refractivity contribution is 7.89. The SMILES string of the molecule is CC(C)Oc1ccc(S(=O)(=O)N(CCC#N)CC(F)(F)F)cc1. The Kier molecular flexibility index (Phi) is 6.41. The number of alkyl halides is 3. The first kappa shape index (κ1) is 19.3. The Morgan fingerprint density at radius 1 is 1.26 bits per heavy atom. The third kappa shape index (κ3) is 6.08. The first-order chi connectivity index (χ1) is 10.6. The number of hydrogen-bond acceptors (Lipinski definition) is 4. The van der Waals surface area contributed by atoms with Crippen LogP contribution >= 0.6 is 0 Å². The molecule has 0 aliphatic carbocycles. The molecule has 0 aliphatic rings. The van der Waals surface area contributed by atoms with Gasteiger partial charge in [-0.1, -0.05) is 0 Å². The van der Waals surface area contributed by atoms with Crippen LogP contribution in [0.1, 0.15) is 20.3 Å². The van der Waals surface area contributed by atoms with Crippen LogP contribution in [0.4, 0.5) is 13.2 Å². The monoisotopic (exact) mass is 350 g/mol. The molecule has 9 heteroatoms. The second-order valence-electron chi connectivity index (χ2n) is 5.00. The minimum Gasteiger partial charge on any atom is -0.491 e. The summed E-state index contributed by atoms with van der Waals surface area (Å²) in [7, 11) is -4.35. The van der Waals surface area contributed by atoms with Crippen LogP contribution in [-0.4, -0.2) is 38.1 Å². The quantitative estimate of drug-likeness (QED) is 0.758. The molecule has 1 aromatic rings. The van der Waals surface area contributed by atoms with E-state index in [0.717, 1.165) is 0 Å². The van der Waals surface area contributed by atoms with E-state index in [2.05, 4.69) is 0 Å². The van der Waals surface area contributed by atoms with Gasteiger partial charge in [0, 0.05) is 13.0 Å². The van der Waals surface area contributed by atoms with E-state index in [0.29, 0.717) is 5.75 Å². The van der Waals surface area contributed by atoms with E-state index in [1.807, 2.05) is 0 Å². The number of hydrogen-bond donors (Lipinski definition) is 0. The predicted molar refractivity (Wildman–Crippen MR) is 77.2 cm³/mol. The number of halogens is 3. The summed E-state index contributed by atoms with van der Waals surface area (Å²) in [4.78, 5) is -0.282. The molecule has 1 aromatic carbocycles. The largest absolute Gasteiger partial charge is 0.491 e. The standard InChI is InChI=1S/C14H17F3N2O3S/c1-11(2)22-12-4-6-13(7-5-12)23(20,21)19(9-3-8-18)10-14(15,16)17/h4-7,11H,3,9-10H2,1-2H3. The molecular formula is C14H17F3N2O3S. The fraction of sp³-hybridized carbons (Fsp3) is 0.500. The van der Waals surface area contributed by atoms with Crippen molar-refractivity contribution >= 4 is 10.0 Å². The average molecular weight is 350 g/mol. The highest BCUT2D eigenvalue weighted by Crippen LogP contribution is 2.24. The molecule has 0 aliphatic heterocycles. The smallest absolute Gasteiger partial charge is 0.402 e. The van der Waals surface area contributed by atoms with E-state index < -0.39 is 29.3 Å². The van der Waals surface area contributed by atoms with Gasteiger partial charge >= 0.3 is 6.18 Å². The molecular weight excluding hydrogens is 333 g/mol. The van der Waals surface area contributed by atoms with E-state index in [4.69, 9.17) is 10.00 Å². The molecule has 0 spiro atoms. The van der Waals surface area contributed by atoms with Gasteiger partial charge in [-0.05, 0) is 38.1 Å². The van der Waals surface area contributed by atoms with Crippen molar-refractivity contribution in [2.24, 2.45) is 0 Å². The lowest BCUT2D eigenvalue weighted by atomic mass is 10.3. The van der Waals surface area contributed by atoms with Gasteiger partial charge in [0.1, 0.15) is 12.3 Å². The van der Waals surface area contributed by atoms with Crippen molar-refractivity contribution in [3.05, 3.63) is 24.3 Å². The fourth-order valence-electron chi connectivity index (χ4n) is 1.77. The van der Waals surface area contributed by atoms with Crippen LogP contribution in [0.15, 0.2) is 29.2 Å². The van der Waals surface area contributed by atoms with Gasteiger partial charge < -0.3 is 4.74 Å². The lowest BCUT2D eigenvalue weighted by Crippen LogP contribution is -2.39. The van der Waals surface area contributed by atoms with Crippen LogP contribution in [0.2, 0.25) is 0 Å². The minimum atomic E-state index is -4.69. The molecule has 0 N–H and O–H groups in total. The molecule has 23 heavy (non-hydrogen) atoms. The Morgan fingerprint density at radius 3 is 2.26 bits per heavy atom. The Balaban J connectivity index is 3.06. The second kappa shape index (κ2) is 7.66. The van der Waals surface area contributed by atoms with E-state index in [9.17, 15) is 21.6 Å². The second-order valence-corrected chi connectivity index (χ2v) is 6.94. The van der Waals surface area contributed by atoms with Gasteiger partial charge in [0.15, 0.2) is 0 Å². The number of ether oxygens (including phenoxy) is 1. The zero-order chi connectivity index (χ0) is 17.7. The Morgan fingerprint density at radius 2 is 1.83 bits per heavy atom. The normalized spacial score (nSPS) is 12.4. The van der Waals surface area contributed by atoms with Gasteiger partial charge in [0.05, 0.1) is 17.1 Å². The summed E-state index contributed by atoms with van der Waals surface area (Å²) < 4.78 is 68.0.